The first-order chi connectivity index (χ1) is 8.20. The van der Waals surface area contributed by atoms with Gasteiger partial charge in [0.2, 0.25) is 11.7 Å². The van der Waals surface area contributed by atoms with Crippen molar-refractivity contribution in [2.24, 2.45) is 0 Å². The second-order valence-corrected chi connectivity index (χ2v) is 4.99. The zero-order valence-electron chi connectivity index (χ0n) is 9.16. The molecular formula is C10H11ClN4OS. The molecule has 2 aromatic rings. The first kappa shape index (κ1) is 12.1. The van der Waals surface area contributed by atoms with Crippen molar-refractivity contribution in [3.8, 4) is 0 Å². The molecule has 0 saturated carbocycles. The van der Waals surface area contributed by atoms with Crippen molar-refractivity contribution in [3.05, 3.63) is 16.2 Å². The predicted octanol–water partition coefficient (Wildman–Crippen LogP) is 1.81. The molecule has 0 aromatic carbocycles. The Morgan fingerprint density at radius 1 is 1.47 bits per heavy atom. The summed E-state index contributed by atoms with van der Waals surface area (Å²) in [5.74, 6) is 0.706. The Hall–Kier alpha value is -1.40. The number of aromatic nitrogens is 2. The van der Waals surface area contributed by atoms with Crippen LogP contribution >= 0.6 is 22.9 Å². The van der Waals surface area contributed by atoms with Gasteiger partial charge in [0.25, 0.3) is 0 Å². The zero-order chi connectivity index (χ0) is 12.3. The summed E-state index contributed by atoms with van der Waals surface area (Å²) in [4.78, 5) is 20.4. The predicted molar refractivity (Wildman–Crippen MR) is 69.7 cm³/mol. The molecule has 2 aromatic heterocycles. The minimum absolute atomic E-state index is 0.227. The molecule has 90 valence electrons. The summed E-state index contributed by atoms with van der Waals surface area (Å²) in [6.07, 6.45) is 0.666. The summed E-state index contributed by atoms with van der Waals surface area (Å²) < 4.78 is 0. The summed E-state index contributed by atoms with van der Waals surface area (Å²) in [6, 6.07) is 2.02. The number of halogens is 1. The van der Waals surface area contributed by atoms with Crippen LogP contribution in [0.1, 0.15) is 4.88 Å². The molecule has 1 amide bonds. The molecule has 5 nitrogen and oxygen atoms in total. The van der Waals surface area contributed by atoms with Crippen molar-refractivity contribution >= 4 is 45.4 Å². The third-order valence-corrected chi connectivity index (χ3v) is 3.25. The quantitative estimate of drug-likeness (QED) is 0.494. The highest BCUT2D eigenvalue weighted by Crippen LogP contribution is 2.29. The number of anilines is 1. The zero-order valence-corrected chi connectivity index (χ0v) is 10.7. The van der Waals surface area contributed by atoms with Crippen LogP contribution in [0.25, 0.3) is 10.2 Å². The van der Waals surface area contributed by atoms with E-state index in [0.717, 1.165) is 15.1 Å². The Kier molecular flexibility index (Phi) is 3.75. The summed E-state index contributed by atoms with van der Waals surface area (Å²) in [6.45, 7) is 3.14. The number of fused-ring (bicyclic) bond motifs is 1. The molecule has 0 aliphatic carbocycles. The number of amides is 1. The second kappa shape index (κ2) is 5.29. The highest BCUT2D eigenvalue weighted by molar-refractivity contribution is 7.18. The highest BCUT2D eigenvalue weighted by Gasteiger charge is 2.08. The smallest absolute Gasteiger partial charge is 0.225 e. The van der Waals surface area contributed by atoms with Gasteiger partial charge in [0.1, 0.15) is 10.6 Å². The third-order valence-electron chi connectivity index (χ3n) is 2.13. The fourth-order valence-electron chi connectivity index (χ4n) is 1.46. The molecule has 0 unspecified atom stereocenters. The van der Waals surface area contributed by atoms with Crippen molar-refractivity contribution in [1.29, 1.82) is 0 Å². The van der Waals surface area contributed by atoms with Crippen LogP contribution in [0.15, 0.2) is 6.07 Å². The van der Waals surface area contributed by atoms with Crippen molar-refractivity contribution in [1.82, 2.24) is 15.3 Å². The lowest BCUT2D eigenvalue weighted by atomic mass is 10.3. The number of carbonyl (C=O) groups excluding carboxylic acids is 1. The van der Waals surface area contributed by atoms with Gasteiger partial charge in [-0.3, -0.25) is 4.79 Å². The first-order valence-electron chi connectivity index (χ1n) is 5.05. The van der Waals surface area contributed by atoms with E-state index in [2.05, 4.69) is 20.6 Å². The monoisotopic (exact) mass is 270 g/mol. The van der Waals surface area contributed by atoms with E-state index in [-0.39, 0.29) is 5.28 Å². The molecule has 2 N–H and O–H groups in total. The van der Waals surface area contributed by atoms with E-state index in [0.29, 0.717) is 25.3 Å². The van der Waals surface area contributed by atoms with E-state index in [1.807, 2.05) is 13.0 Å². The van der Waals surface area contributed by atoms with Crippen molar-refractivity contribution in [3.63, 3.8) is 0 Å². The SMILES string of the molecule is Cc1cc2c(NCCNC=O)nc(Cl)nc2s1. The lowest BCUT2D eigenvalue weighted by Crippen LogP contribution is -2.20. The van der Waals surface area contributed by atoms with Crippen molar-refractivity contribution in [2.45, 2.75) is 6.92 Å². The van der Waals surface area contributed by atoms with Crippen LogP contribution < -0.4 is 10.6 Å². The van der Waals surface area contributed by atoms with Gasteiger partial charge in [0, 0.05) is 18.0 Å². The molecule has 0 bridgehead atoms. The van der Waals surface area contributed by atoms with Crippen LogP contribution in [-0.2, 0) is 4.79 Å². The molecule has 0 radical (unpaired) electrons. The molecule has 0 aliphatic heterocycles. The number of nitrogens with one attached hydrogen (secondary N) is 2. The van der Waals surface area contributed by atoms with Crippen LogP contribution in [0.4, 0.5) is 5.82 Å². The first-order valence-corrected chi connectivity index (χ1v) is 6.24. The maximum absolute atomic E-state index is 10.1. The Morgan fingerprint density at radius 2 is 2.29 bits per heavy atom. The van der Waals surface area contributed by atoms with E-state index in [4.69, 9.17) is 11.6 Å². The number of nitrogens with zero attached hydrogens (tertiary/aromatic N) is 2. The molecule has 0 aliphatic rings. The van der Waals surface area contributed by atoms with E-state index >= 15 is 0 Å². The van der Waals surface area contributed by atoms with Crippen LogP contribution in [0.3, 0.4) is 0 Å². The van der Waals surface area contributed by atoms with Crippen LogP contribution in [0.5, 0.6) is 0 Å². The molecule has 0 saturated heterocycles. The number of hydrogen-bond acceptors (Lipinski definition) is 5. The van der Waals surface area contributed by atoms with Gasteiger partial charge in [0.15, 0.2) is 0 Å². The average molecular weight is 271 g/mol. The van der Waals surface area contributed by atoms with Gasteiger partial charge in [-0.15, -0.1) is 11.3 Å². The van der Waals surface area contributed by atoms with E-state index in [1.165, 1.54) is 0 Å². The molecule has 2 rings (SSSR count). The fraction of sp³-hybridized carbons (Fsp3) is 0.300. The fourth-order valence-corrected chi connectivity index (χ4v) is 2.56. The third kappa shape index (κ3) is 2.83. The minimum Gasteiger partial charge on any atom is -0.368 e. The van der Waals surface area contributed by atoms with Gasteiger partial charge in [-0.2, -0.15) is 0 Å². The standard InChI is InChI=1S/C10H11ClN4OS/c1-6-4-7-8(13-3-2-12-5-16)14-10(11)15-9(7)17-6/h4-5H,2-3H2,1H3,(H,12,16)(H,13,14,15). The van der Waals surface area contributed by atoms with Gasteiger partial charge in [-0.25, -0.2) is 9.97 Å². The van der Waals surface area contributed by atoms with Gasteiger partial charge < -0.3 is 10.6 Å². The molecule has 0 fully saturated rings. The van der Waals surface area contributed by atoms with Crippen molar-refractivity contribution in [2.75, 3.05) is 18.4 Å². The summed E-state index contributed by atoms with van der Waals surface area (Å²) in [5, 5.41) is 6.88. The van der Waals surface area contributed by atoms with Crippen LogP contribution in [0.2, 0.25) is 5.28 Å². The topological polar surface area (TPSA) is 66.9 Å². The number of aryl methyl sites for hydroxylation is 1. The van der Waals surface area contributed by atoms with Gasteiger partial charge in [0.05, 0.1) is 5.39 Å². The van der Waals surface area contributed by atoms with Crippen LogP contribution in [-0.4, -0.2) is 29.5 Å². The maximum Gasteiger partial charge on any atom is 0.225 e. The second-order valence-electron chi connectivity index (χ2n) is 3.42. The summed E-state index contributed by atoms with van der Waals surface area (Å²) >= 11 is 7.42. The lowest BCUT2D eigenvalue weighted by molar-refractivity contribution is -0.109. The minimum atomic E-state index is 0.227. The Labute approximate surface area is 107 Å². The summed E-state index contributed by atoms with van der Waals surface area (Å²) in [7, 11) is 0. The lowest BCUT2D eigenvalue weighted by Gasteiger charge is -2.06. The molecule has 0 spiro atoms. The van der Waals surface area contributed by atoms with E-state index in [9.17, 15) is 4.79 Å². The number of thiophene rings is 1. The number of carbonyl (C=O) groups is 1. The Balaban J connectivity index is 2.22. The normalized spacial score (nSPS) is 10.5. The van der Waals surface area contributed by atoms with E-state index in [1.54, 1.807) is 11.3 Å². The Morgan fingerprint density at radius 3 is 3.06 bits per heavy atom. The van der Waals surface area contributed by atoms with Crippen molar-refractivity contribution < 1.29 is 4.79 Å². The summed E-state index contributed by atoms with van der Waals surface area (Å²) in [5.41, 5.74) is 0. The Bertz CT molecular complexity index is 542. The van der Waals surface area contributed by atoms with Gasteiger partial charge in [-0.1, -0.05) is 0 Å². The maximum atomic E-state index is 10.1. The van der Waals surface area contributed by atoms with E-state index < -0.39 is 0 Å². The number of hydrogen-bond donors (Lipinski definition) is 2. The molecule has 0 atom stereocenters. The number of rotatable bonds is 5. The largest absolute Gasteiger partial charge is 0.368 e. The highest BCUT2D eigenvalue weighted by atomic mass is 35.5. The molecular weight excluding hydrogens is 260 g/mol. The average Bonchev–Trinajstić information content (AvgIpc) is 2.64. The van der Waals surface area contributed by atoms with Crippen LogP contribution in [0, 0.1) is 6.92 Å². The van der Waals surface area contributed by atoms with Gasteiger partial charge >= 0.3 is 0 Å². The molecule has 7 heteroatoms. The van der Waals surface area contributed by atoms with Gasteiger partial charge in [-0.05, 0) is 24.6 Å². The molecule has 2 heterocycles. The molecule has 17 heavy (non-hydrogen) atoms.